The van der Waals surface area contributed by atoms with E-state index in [9.17, 15) is 19.7 Å². The van der Waals surface area contributed by atoms with Gasteiger partial charge >= 0.3 is 11.7 Å². The van der Waals surface area contributed by atoms with Crippen molar-refractivity contribution >= 4 is 11.7 Å². The Morgan fingerprint density at radius 1 is 1.32 bits per heavy atom. The van der Waals surface area contributed by atoms with E-state index in [-0.39, 0.29) is 29.4 Å². The van der Waals surface area contributed by atoms with Crippen LogP contribution in [-0.4, -0.2) is 32.9 Å². The molecule has 0 N–H and O–H groups in total. The fourth-order valence-electron chi connectivity index (χ4n) is 2.15. The molecule has 0 aliphatic carbocycles. The number of carbonyl (C=O) groups is 1. The third-order valence-electron chi connectivity index (χ3n) is 3.37. The number of hydrogen-bond acceptors (Lipinski definition) is 9. The summed E-state index contributed by atoms with van der Waals surface area (Å²) >= 11 is 0. The van der Waals surface area contributed by atoms with E-state index >= 15 is 0 Å². The number of hydrogen-bond donors (Lipinski definition) is 0. The zero-order chi connectivity index (χ0) is 18.0. The maximum atomic E-state index is 11.9. The zero-order valence-corrected chi connectivity index (χ0v) is 12.7. The third kappa shape index (κ3) is 3.02. The summed E-state index contributed by atoms with van der Waals surface area (Å²) in [6.07, 6.45) is 1.17. The molecular weight excluding hydrogens is 336 g/mol. The van der Waals surface area contributed by atoms with E-state index in [0.717, 1.165) is 4.57 Å². The van der Waals surface area contributed by atoms with Gasteiger partial charge in [0.25, 0.3) is 5.69 Å². The van der Waals surface area contributed by atoms with Crippen LogP contribution in [0.5, 0.6) is 0 Å². The lowest BCUT2D eigenvalue weighted by molar-refractivity contribution is -0.384. The summed E-state index contributed by atoms with van der Waals surface area (Å²) in [5, 5.41) is 17.9. The summed E-state index contributed by atoms with van der Waals surface area (Å²) in [5.41, 5.74) is 0.366. The Morgan fingerprint density at radius 3 is 2.68 bits per heavy atom. The predicted molar refractivity (Wildman–Crippen MR) is 79.8 cm³/mol. The number of aromatic nitrogens is 3. The van der Waals surface area contributed by atoms with Crippen molar-refractivity contribution in [1.82, 2.24) is 14.9 Å². The number of rotatable bonds is 5. The molecule has 3 rings (SSSR count). The van der Waals surface area contributed by atoms with Gasteiger partial charge in [0.05, 0.1) is 24.8 Å². The topological polar surface area (TPSA) is 144 Å². The molecule has 0 saturated heterocycles. The molecule has 11 nitrogen and oxygen atoms in total. The molecule has 1 aromatic carbocycles. The van der Waals surface area contributed by atoms with Crippen LogP contribution in [0.3, 0.4) is 0 Å². The van der Waals surface area contributed by atoms with Crippen molar-refractivity contribution in [2.24, 2.45) is 0 Å². The Bertz CT molecular complexity index is 983. The van der Waals surface area contributed by atoms with Crippen molar-refractivity contribution in [2.45, 2.75) is 6.54 Å². The maximum absolute atomic E-state index is 11.9. The summed E-state index contributed by atoms with van der Waals surface area (Å²) in [6.45, 7) is -0.181. The van der Waals surface area contributed by atoms with Crippen molar-refractivity contribution in [3.05, 3.63) is 62.5 Å². The van der Waals surface area contributed by atoms with Gasteiger partial charge in [-0.1, -0.05) is 10.3 Å². The first-order valence-electron chi connectivity index (χ1n) is 6.84. The number of non-ortho nitro benzene ring substituents is 1. The molecule has 25 heavy (non-hydrogen) atoms. The summed E-state index contributed by atoms with van der Waals surface area (Å²) in [5.74, 6) is -1.26. The van der Waals surface area contributed by atoms with Crippen molar-refractivity contribution in [3.8, 4) is 11.4 Å². The number of nitro groups is 1. The first kappa shape index (κ1) is 16.1. The molecule has 0 unspecified atom stereocenters. The van der Waals surface area contributed by atoms with E-state index in [1.165, 1.54) is 37.6 Å². The Kier molecular flexibility index (Phi) is 4.12. The van der Waals surface area contributed by atoms with Crippen molar-refractivity contribution in [2.75, 3.05) is 7.11 Å². The van der Waals surface area contributed by atoms with Gasteiger partial charge in [-0.25, -0.2) is 14.2 Å². The lowest BCUT2D eigenvalue weighted by atomic mass is 10.2. The van der Waals surface area contributed by atoms with Crippen LogP contribution in [-0.2, 0) is 11.3 Å². The largest absolute Gasteiger partial charge is 0.465 e. The molecule has 0 amide bonds. The molecule has 3 aromatic rings. The summed E-state index contributed by atoms with van der Waals surface area (Å²) < 4.78 is 15.3. The molecule has 128 valence electrons. The van der Waals surface area contributed by atoms with Gasteiger partial charge in [-0.3, -0.25) is 14.6 Å². The molecule has 0 atom stereocenters. The van der Waals surface area contributed by atoms with Crippen LogP contribution in [0.4, 0.5) is 5.69 Å². The number of ether oxygens (including phenoxy) is 1. The fourth-order valence-corrected chi connectivity index (χ4v) is 2.15. The molecule has 0 radical (unpaired) electrons. The molecule has 0 bridgehead atoms. The zero-order valence-electron chi connectivity index (χ0n) is 12.7. The average Bonchev–Trinajstić information content (AvgIpc) is 3.22. The number of esters is 1. The van der Waals surface area contributed by atoms with Crippen LogP contribution in [0.25, 0.3) is 11.4 Å². The Hall–Kier alpha value is -3.76. The molecule has 2 heterocycles. The molecular formula is C14H10N4O7. The highest BCUT2D eigenvalue weighted by atomic mass is 16.6. The van der Waals surface area contributed by atoms with E-state index in [4.69, 9.17) is 4.52 Å². The van der Waals surface area contributed by atoms with Gasteiger partial charge in [-0.15, -0.1) is 0 Å². The molecule has 0 aliphatic heterocycles. The second-order valence-electron chi connectivity index (χ2n) is 4.82. The summed E-state index contributed by atoms with van der Waals surface area (Å²) in [4.78, 5) is 33.7. The lowest BCUT2D eigenvalue weighted by Crippen LogP contribution is -2.17. The smallest absolute Gasteiger partial charge is 0.442 e. The first-order chi connectivity index (χ1) is 12.0. The van der Waals surface area contributed by atoms with E-state index in [1.807, 2.05) is 0 Å². The third-order valence-corrected chi connectivity index (χ3v) is 3.37. The van der Waals surface area contributed by atoms with Crippen LogP contribution in [0, 0.1) is 10.1 Å². The minimum Gasteiger partial charge on any atom is -0.465 e. The van der Waals surface area contributed by atoms with Gasteiger partial charge in [-0.05, 0) is 12.1 Å². The highest BCUT2D eigenvalue weighted by Crippen LogP contribution is 2.21. The van der Waals surface area contributed by atoms with Gasteiger partial charge in [0, 0.05) is 17.7 Å². The second-order valence-corrected chi connectivity index (χ2v) is 4.82. The van der Waals surface area contributed by atoms with Crippen LogP contribution >= 0.6 is 0 Å². The van der Waals surface area contributed by atoms with Gasteiger partial charge in [-0.2, -0.15) is 0 Å². The van der Waals surface area contributed by atoms with E-state index in [0.29, 0.717) is 5.56 Å². The van der Waals surface area contributed by atoms with E-state index < -0.39 is 16.6 Å². The first-order valence-corrected chi connectivity index (χ1v) is 6.84. The molecule has 0 saturated carbocycles. The monoisotopic (exact) mass is 346 g/mol. The maximum Gasteiger partial charge on any atom is 0.442 e. The minimum absolute atomic E-state index is 0.0604. The van der Waals surface area contributed by atoms with Crippen LogP contribution in [0.2, 0.25) is 0 Å². The predicted octanol–water partition coefficient (Wildman–Crippen LogP) is 1.23. The Balaban J connectivity index is 1.98. The van der Waals surface area contributed by atoms with Gasteiger partial charge in [0.1, 0.15) is 5.56 Å². The Labute approximate surface area is 138 Å². The highest BCUT2D eigenvalue weighted by Gasteiger charge is 2.21. The molecule has 11 heteroatoms. The quantitative estimate of drug-likeness (QED) is 0.378. The number of carbonyl (C=O) groups excluding carboxylic acids is 1. The SMILES string of the molecule is COC(=O)c1cnoc1Cn1c(-c2ccc([N+](=O)[O-])cc2)noc1=O. The number of methoxy groups -OCH3 is 1. The van der Waals surface area contributed by atoms with Crippen LogP contribution < -0.4 is 5.76 Å². The summed E-state index contributed by atoms with van der Waals surface area (Å²) in [7, 11) is 1.20. The molecule has 0 aliphatic rings. The summed E-state index contributed by atoms with van der Waals surface area (Å²) in [6, 6.07) is 5.39. The lowest BCUT2D eigenvalue weighted by Gasteiger charge is -2.03. The number of benzene rings is 1. The van der Waals surface area contributed by atoms with E-state index in [1.54, 1.807) is 0 Å². The number of nitrogens with zero attached hydrogens (tertiary/aromatic N) is 4. The fraction of sp³-hybridized carbons (Fsp3) is 0.143. The van der Waals surface area contributed by atoms with Crippen LogP contribution in [0.1, 0.15) is 16.1 Å². The molecule has 0 fully saturated rings. The second kappa shape index (κ2) is 6.39. The van der Waals surface area contributed by atoms with Gasteiger partial charge in [0.15, 0.2) is 11.6 Å². The standard InChI is InChI=1S/C14H10N4O7/c1-23-13(19)10-6-15-24-11(10)7-17-12(16-25-14(17)20)8-2-4-9(5-3-8)18(21)22/h2-6H,7H2,1H3. The van der Waals surface area contributed by atoms with Crippen molar-refractivity contribution in [3.63, 3.8) is 0 Å². The van der Waals surface area contributed by atoms with Gasteiger partial charge in [0.2, 0.25) is 0 Å². The van der Waals surface area contributed by atoms with Crippen molar-refractivity contribution < 1.29 is 23.5 Å². The van der Waals surface area contributed by atoms with Crippen molar-refractivity contribution in [1.29, 1.82) is 0 Å². The normalized spacial score (nSPS) is 10.6. The molecule has 2 aromatic heterocycles. The van der Waals surface area contributed by atoms with E-state index in [2.05, 4.69) is 19.6 Å². The highest BCUT2D eigenvalue weighted by molar-refractivity contribution is 5.89. The Morgan fingerprint density at radius 2 is 2.04 bits per heavy atom. The molecule has 0 spiro atoms. The average molecular weight is 346 g/mol. The number of nitro benzene ring substituents is 1. The van der Waals surface area contributed by atoms with Crippen LogP contribution in [0.15, 0.2) is 44.3 Å². The van der Waals surface area contributed by atoms with Gasteiger partial charge < -0.3 is 9.26 Å². The minimum atomic E-state index is -0.791.